The molecule has 0 spiro atoms. The molecule has 1 aliphatic carbocycles. The molecule has 0 saturated carbocycles. The Labute approximate surface area is 122 Å². The van der Waals surface area contributed by atoms with Crippen LogP contribution in [0, 0.1) is 0 Å². The Hall–Kier alpha value is -1.51. The van der Waals surface area contributed by atoms with E-state index in [0.29, 0.717) is 12.8 Å². The quantitative estimate of drug-likeness (QED) is 0.745. The Morgan fingerprint density at radius 1 is 1.27 bits per heavy atom. The number of hydrogen-bond acceptors (Lipinski definition) is 3. The van der Waals surface area contributed by atoms with Crippen molar-refractivity contribution in [3.8, 4) is 0 Å². The van der Waals surface area contributed by atoms with E-state index >= 15 is 0 Å². The molecular formula is C13H13F5N2O2. The number of halogens is 5. The third kappa shape index (κ3) is 2.22. The average molecular weight is 324 g/mol. The zero-order chi connectivity index (χ0) is 16.2. The van der Waals surface area contributed by atoms with Crippen molar-refractivity contribution in [1.29, 1.82) is 0 Å². The largest absolute Gasteiger partial charge is 0.435 e. The van der Waals surface area contributed by atoms with Crippen LogP contribution in [0.4, 0.5) is 22.0 Å². The number of ketones is 1. The van der Waals surface area contributed by atoms with Gasteiger partial charge in [0.25, 0.3) is 0 Å². The van der Waals surface area contributed by atoms with Crippen LogP contribution in [0.1, 0.15) is 53.7 Å². The van der Waals surface area contributed by atoms with Gasteiger partial charge in [-0.1, -0.05) is 0 Å². The fraction of sp³-hybridized carbons (Fsp3) is 0.692. The molecule has 0 N–H and O–H groups in total. The molecule has 3 rings (SSSR count). The second kappa shape index (κ2) is 5.00. The first-order valence-corrected chi connectivity index (χ1v) is 6.85. The lowest BCUT2D eigenvalue weighted by Crippen LogP contribution is -2.28. The molecule has 1 aliphatic heterocycles. The minimum atomic E-state index is -4.94. The van der Waals surface area contributed by atoms with Crippen molar-refractivity contribution in [2.45, 2.75) is 50.4 Å². The van der Waals surface area contributed by atoms with Gasteiger partial charge in [0.15, 0.2) is 18.0 Å². The highest BCUT2D eigenvalue weighted by Crippen LogP contribution is 2.45. The number of carbonyl (C=O) groups excluding carboxylic acids is 1. The SMILES string of the molecule is C[C@@H]1C[C@H](n2nc(C(F)(F)F)c3c2[C@@H](F)[C@@H](F)C3=O)CCO1. The molecule has 2 heterocycles. The molecule has 1 aromatic heterocycles. The second-order valence-electron chi connectivity index (χ2n) is 5.58. The predicted molar refractivity (Wildman–Crippen MR) is 64.0 cm³/mol. The summed E-state index contributed by atoms with van der Waals surface area (Å²) < 4.78 is 72.8. The number of carbonyl (C=O) groups is 1. The van der Waals surface area contributed by atoms with E-state index in [0.717, 1.165) is 4.68 Å². The fourth-order valence-electron chi connectivity index (χ4n) is 3.04. The molecule has 2 aliphatic rings. The predicted octanol–water partition coefficient (Wildman–Crippen LogP) is 3.19. The third-order valence-corrected chi connectivity index (χ3v) is 4.03. The molecule has 0 bridgehead atoms. The van der Waals surface area contributed by atoms with Crippen LogP contribution >= 0.6 is 0 Å². The van der Waals surface area contributed by atoms with E-state index in [-0.39, 0.29) is 12.7 Å². The number of rotatable bonds is 1. The van der Waals surface area contributed by atoms with E-state index in [4.69, 9.17) is 4.74 Å². The molecule has 1 aromatic rings. The molecule has 0 unspecified atom stereocenters. The van der Waals surface area contributed by atoms with E-state index in [1.54, 1.807) is 6.92 Å². The number of alkyl halides is 5. The van der Waals surface area contributed by atoms with E-state index in [1.807, 2.05) is 0 Å². The molecule has 0 amide bonds. The number of aromatic nitrogens is 2. The normalized spacial score (nSPS) is 32.4. The Morgan fingerprint density at radius 3 is 2.55 bits per heavy atom. The van der Waals surface area contributed by atoms with Crippen molar-refractivity contribution >= 4 is 5.78 Å². The number of nitrogens with zero attached hydrogens (tertiary/aromatic N) is 2. The first-order valence-electron chi connectivity index (χ1n) is 6.85. The van der Waals surface area contributed by atoms with Gasteiger partial charge in [0.1, 0.15) is 0 Å². The molecule has 9 heteroatoms. The Bertz CT molecular complexity index is 612. The molecule has 0 aromatic carbocycles. The first-order chi connectivity index (χ1) is 10.2. The lowest BCUT2D eigenvalue weighted by Gasteiger charge is -2.28. The number of fused-ring (bicyclic) bond motifs is 1. The zero-order valence-corrected chi connectivity index (χ0v) is 11.5. The van der Waals surface area contributed by atoms with Crippen molar-refractivity contribution in [3.05, 3.63) is 17.0 Å². The highest BCUT2D eigenvalue weighted by Gasteiger charge is 2.52. The average Bonchev–Trinajstić information content (AvgIpc) is 2.93. The first kappa shape index (κ1) is 15.4. The maximum Gasteiger partial charge on any atom is 0.435 e. The van der Waals surface area contributed by atoms with Crippen LogP contribution < -0.4 is 0 Å². The topological polar surface area (TPSA) is 44.1 Å². The summed E-state index contributed by atoms with van der Waals surface area (Å²) >= 11 is 0. The maximum absolute atomic E-state index is 14.0. The smallest absolute Gasteiger partial charge is 0.378 e. The van der Waals surface area contributed by atoms with Crippen LogP contribution in [0.2, 0.25) is 0 Å². The van der Waals surface area contributed by atoms with E-state index in [2.05, 4.69) is 5.10 Å². The van der Waals surface area contributed by atoms with Crippen LogP contribution in [0.15, 0.2) is 0 Å². The Morgan fingerprint density at radius 2 is 1.95 bits per heavy atom. The van der Waals surface area contributed by atoms with Gasteiger partial charge < -0.3 is 4.74 Å². The van der Waals surface area contributed by atoms with E-state index in [1.165, 1.54) is 0 Å². The van der Waals surface area contributed by atoms with Crippen molar-refractivity contribution in [2.75, 3.05) is 6.61 Å². The highest BCUT2D eigenvalue weighted by atomic mass is 19.4. The summed E-state index contributed by atoms with van der Waals surface area (Å²) in [5.74, 6) is -1.49. The minimum absolute atomic E-state index is 0.232. The number of ether oxygens (including phenoxy) is 1. The minimum Gasteiger partial charge on any atom is -0.378 e. The highest BCUT2D eigenvalue weighted by molar-refractivity contribution is 6.05. The standard InChI is InChI=1S/C13H13F5N2O2/c1-5-4-6(2-3-22-5)20-10-7(11(21)9(15)8(10)14)12(19-20)13(16,17)18/h5-6,8-9H,2-4H2,1H3/t5-,6-,8+,9-/m1/s1. The second-order valence-corrected chi connectivity index (χ2v) is 5.58. The summed E-state index contributed by atoms with van der Waals surface area (Å²) in [5, 5.41) is 3.41. The van der Waals surface area contributed by atoms with Gasteiger partial charge in [-0.15, -0.1) is 0 Å². The van der Waals surface area contributed by atoms with Gasteiger partial charge in [-0.05, 0) is 19.8 Å². The van der Waals surface area contributed by atoms with Crippen LogP contribution in [0.5, 0.6) is 0 Å². The monoisotopic (exact) mass is 324 g/mol. The van der Waals surface area contributed by atoms with Gasteiger partial charge in [0.2, 0.25) is 5.78 Å². The summed E-state index contributed by atoms with van der Waals surface area (Å²) in [6.45, 7) is 2.02. The summed E-state index contributed by atoms with van der Waals surface area (Å²) in [5.41, 5.74) is -3.06. The van der Waals surface area contributed by atoms with Crippen LogP contribution in [0.3, 0.4) is 0 Å². The van der Waals surface area contributed by atoms with Crippen LogP contribution in [-0.4, -0.2) is 34.4 Å². The summed E-state index contributed by atoms with van der Waals surface area (Å²) in [6, 6.07) is -0.551. The molecule has 4 atom stereocenters. The molecule has 22 heavy (non-hydrogen) atoms. The Kier molecular flexibility index (Phi) is 3.50. The molecule has 1 fully saturated rings. The zero-order valence-electron chi connectivity index (χ0n) is 11.5. The van der Waals surface area contributed by atoms with Crippen molar-refractivity contribution < 1.29 is 31.5 Å². The summed E-state index contributed by atoms with van der Waals surface area (Å²) in [7, 11) is 0. The van der Waals surface area contributed by atoms with Gasteiger partial charge in [-0.2, -0.15) is 18.3 Å². The van der Waals surface area contributed by atoms with Gasteiger partial charge in [-0.3, -0.25) is 9.48 Å². The van der Waals surface area contributed by atoms with Gasteiger partial charge in [0.05, 0.1) is 23.4 Å². The molecular weight excluding hydrogens is 311 g/mol. The Balaban J connectivity index is 2.13. The molecule has 1 saturated heterocycles. The van der Waals surface area contributed by atoms with Crippen molar-refractivity contribution in [2.24, 2.45) is 0 Å². The fourth-order valence-corrected chi connectivity index (χ4v) is 3.04. The lowest BCUT2D eigenvalue weighted by atomic mass is 10.0. The maximum atomic E-state index is 14.0. The molecule has 122 valence electrons. The van der Waals surface area contributed by atoms with E-state index in [9.17, 15) is 26.7 Å². The molecule has 4 nitrogen and oxygen atoms in total. The van der Waals surface area contributed by atoms with Crippen LogP contribution in [-0.2, 0) is 10.9 Å². The lowest BCUT2D eigenvalue weighted by molar-refractivity contribution is -0.142. The van der Waals surface area contributed by atoms with E-state index < -0.39 is 47.3 Å². The van der Waals surface area contributed by atoms with Crippen molar-refractivity contribution in [1.82, 2.24) is 9.78 Å². The third-order valence-electron chi connectivity index (χ3n) is 4.03. The van der Waals surface area contributed by atoms with Gasteiger partial charge >= 0.3 is 6.18 Å². The number of Topliss-reactive ketones (excluding diaryl/α,β-unsaturated/α-hetero) is 1. The van der Waals surface area contributed by atoms with Gasteiger partial charge in [0, 0.05) is 6.61 Å². The number of hydrogen-bond donors (Lipinski definition) is 0. The van der Waals surface area contributed by atoms with Crippen molar-refractivity contribution in [3.63, 3.8) is 0 Å². The summed E-state index contributed by atoms with van der Waals surface area (Å²) in [6.07, 6.45) is -9.53. The van der Waals surface area contributed by atoms with Crippen LogP contribution in [0.25, 0.3) is 0 Å². The summed E-state index contributed by atoms with van der Waals surface area (Å²) in [4.78, 5) is 11.6. The molecule has 0 radical (unpaired) electrons. The van der Waals surface area contributed by atoms with Gasteiger partial charge in [-0.25, -0.2) is 8.78 Å².